The molecule has 1 unspecified atom stereocenters. The number of aliphatic carboxylic acids is 1. The minimum Gasteiger partial charge on any atom is -0.481 e. The molecule has 1 atom stereocenters. The summed E-state index contributed by atoms with van der Waals surface area (Å²) in [4.78, 5) is 22.1. The van der Waals surface area contributed by atoms with Gasteiger partial charge in [0.1, 0.15) is 0 Å². The second-order valence-electron chi connectivity index (χ2n) is 3.95. The van der Waals surface area contributed by atoms with E-state index in [4.69, 9.17) is 5.11 Å². The zero-order valence-electron chi connectivity index (χ0n) is 10.1. The number of methoxy groups -OCH3 is 1. The lowest BCUT2D eigenvalue weighted by molar-refractivity contribution is -0.141. The molecule has 0 fully saturated rings. The number of nitrogens with zero attached hydrogens (tertiary/aromatic N) is 2. The number of carbonyl (C=O) groups is 2. The maximum Gasteiger partial charge on any atom is 0.358 e. The van der Waals surface area contributed by atoms with Crippen LogP contribution in [0.1, 0.15) is 29.4 Å². The van der Waals surface area contributed by atoms with Gasteiger partial charge in [-0.25, -0.2) is 4.79 Å². The standard InChI is InChI=1S/C11H16N2O4/c1-7(10(14)15)4-5-8-6-13(2)12-9(8)11(16)17-3/h6-7H,4-5H2,1-3H3,(H,14,15). The predicted molar refractivity (Wildman–Crippen MR) is 59.7 cm³/mol. The summed E-state index contributed by atoms with van der Waals surface area (Å²) in [6.07, 6.45) is 2.66. The van der Waals surface area contributed by atoms with Crippen LogP contribution in [0, 0.1) is 5.92 Å². The molecular weight excluding hydrogens is 224 g/mol. The Morgan fingerprint density at radius 1 is 1.59 bits per heavy atom. The average Bonchev–Trinajstić information content (AvgIpc) is 2.66. The maximum absolute atomic E-state index is 11.4. The van der Waals surface area contributed by atoms with Gasteiger partial charge in [-0.05, 0) is 12.8 Å². The molecule has 0 saturated heterocycles. The molecule has 0 aromatic carbocycles. The molecule has 0 spiro atoms. The molecule has 0 amide bonds. The first-order chi connectivity index (χ1) is 7.95. The number of carboxylic acid groups (broad SMARTS) is 1. The van der Waals surface area contributed by atoms with Crippen molar-refractivity contribution >= 4 is 11.9 Å². The number of hydrogen-bond acceptors (Lipinski definition) is 4. The number of ether oxygens (including phenoxy) is 1. The van der Waals surface area contributed by atoms with Crippen LogP contribution in [-0.2, 0) is 23.0 Å². The molecule has 0 aliphatic rings. The highest BCUT2D eigenvalue weighted by Gasteiger charge is 2.18. The molecule has 6 nitrogen and oxygen atoms in total. The zero-order valence-corrected chi connectivity index (χ0v) is 10.1. The second-order valence-corrected chi connectivity index (χ2v) is 3.95. The van der Waals surface area contributed by atoms with E-state index in [-0.39, 0.29) is 5.69 Å². The van der Waals surface area contributed by atoms with E-state index in [1.165, 1.54) is 11.8 Å². The van der Waals surface area contributed by atoms with E-state index in [2.05, 4.69) is 9.84 Å². The van der Waals surface area contributed by atoms with Crippen molar-refractivity contribution in [3.8, 4) is 0 Å². The highest BCUT2D eigenvalue weighted by Crippen LogP contribution is 2.14. The van der Waals surface area contributed by atoms with Crippen molar-refractivity contribution in [1.82, 2.24) is 9.78 Å². The summed E-state index contributed by atoms with van der Waals surface area (Å²) in [6.45, 7) is 1.64. The number of hydrogen-bond donors (Lipinski definition) is 1. The van der Waals surface area contributed by atoms with Crippen molar-refractivity contribution < 1.29 is 19.4 Å². The molecule has 1 heterocycles. The summed E-state index contributed by atoms with van der Waals surface area (Å²) >= 11 is 0. The lowest BCUT2D eigenvalue weighted by Gasteiger charge is -2.05. The van der Waals surface area contributed by atoms with Gasteiger partial charge < -0.3 is 9.84 Å². The van der Waals surface area contributed by atoms with E-state index in [9.17, 15) is 9.59 Å². The summed E-state index contributed by atoms with van der Waals surface area (Å²) in [7, 11) is 3.00. The lowest BCUT2D eigenvalue weighted by Crippen LogP contribution is -2.11. The molecular formula is C11H16N2O4. The Morgan fingerprint density at radius 3 is 2.76 bits per heavy atom. The molecule has 0 aliphatic heterocycles. The number of esters is 1. The van der Waals surface area contributed by atoms with Gasteiger partial charge in [-0.15, -0.1) is 0 Å². The Hall–Kier alpha value is -1.85. The van der Waals surface area contributed by atoms with E-state index >= 15 is 0 Å². The van der Waals surface area contributed by atoms with Crippen LogP contribution in [0.25, 0.3) is 0 Å². The number of aryl methyl sites for hydroxylation is 2. The van der Waals surface area contributed by atoms with Crippen LogP contribution in [0.4, 0.5) is 0 Å². The van der Waals surface area contributed by atoms with Gasteiger partial charge in [0, 0.05) is 18.8 Å². The fourth-order valence-electron chi connectivity index (χ4n) is 1.48. The number of carbonyl (C=O) groups excluding carboxylic acids is 1. The van der Waals surface area contributed by atoms with Crippen LogP contribution < -0.4 is 0 Å². The van der Waals surface area contributed by atoms with E-state index < -0.39 is 17.9 Å². The van der Waals surface area contributed by atoms with Gasteiger partial charge in [0.15, 0.2) is 5.69 Å². The van der Waals surface area contributed by atoms with Gasteiger partial charge in [-0.3, -0.25) is 9.48 Å². The van der Waals surface area contributed by atoms with Crippen molar-refractivity contribution in [2.75, 3.05) is 7.11 Å². The summed E-state index contributed by atoms with van der Waals surface area (Å²) in [5.74, 6) is -1.78. The maximum atomic E-state index is 11.4. The molecule has 0 aliphatic carbocycles. The molecule has 1 N–H and O–H groups in total. The minimum absolute atomic E-state index is 0.257. The van der Waals surface area contributed by atoms with Crippen molar-refractivity contribution in [3.05, 3.63) is 17.5 Å². The Morgan fingerprint density at radius 2 is 2.24 bits per heavy atom. The zero-order chi connectivity index (χ0) is 13.0. The minimum atomic E-state index is -0.839. The Balaban J connectivity index is 2.77. The smallest absolute Gasteiger partial charge is 0.358 e. The summed E-state index contributed by atoms with van der Waals surface area (Å²) in [5, 5.41) is 12.8. The van der Waals surface area contributed by atoms with Crippen molar-refractivity contribution in [2.45, 2.75) is 19.8 Å². The van der Waals surface area contributed by atoms with Crippen molar-refractivity contribution in [1.29, 1.82) is 0 Å². The first-order valence-electron chi connectivity index (χ1n) is 5.29. The Bertz CT molecular complexity index is 425. The fraction of sp³-hybridized carbons (Fsp3) is 0.545. The quantitative estimate of drug-likeness (QED) is 0.772. The molecule has 0 radical (unpaired) electrons. The van der Waals surface area contributed by atoms with E-state index in [1.807, 2.05) is 0 Å². The fourth-order valence-corrected chi connectivity index (χ4v) is 1.48. The van der Waals surface area contributed by atoms with Crippen LogP contribution in [0.3, 0.4) is 0 Å². The number of rotatable bonds is 5. The topological polar surface area (TPSA) is 81.4 Å². The first kappa shape index (κ1) is 13.2. The molecule has 1 aromatic heterocycles. The van der Waals surface area contributed by atoms with Crippen LogP contribution in [0.5, 0.6) is 0 Å². The van der Waals surface area contributed by atoms with Gasteiger partial charge in [0.25, 0.3) is 0 Å². The number of aromatic nitrogens is 2. The molecule has 6 heteroatoms. The SMILES string of the molecule is COC(=O)c1nn(C)cc1CCC(C)C(=O)O. The van der Waals surface area contributed by atoms with Crippen molar-refractivity contribution in [3.63, 3.8) is 0 Å². The van der Waals surface area contributed by atoms with Crippen LogP contribution in [-0.4, -0.2) is 33.9 Å². The van der Waals surface area contributed by atoms with Gasteiger partial charge in [-0.2, -0.15) is 5.10 Å². The normalized spacial score (nSPS) is 12.2. The highest BCUT2D eigenvalue weighted by molar-refractivity contribution is 5.88. The van der Waals surface area contributed by atoms with Gasteiger partial charge in [-0.1, -0.05) is 6.92 Å². The molecule has 17 heavy (non-hydrogen) atoms. The molecule has 1 rings (SSSR count). The third kappa shape index (κ3) is 3.30. The predicted octanol–water partition coefficient (Wildman–Crippen LogP) is 0.860. The molecule has 0 bridgehead atoms. The van der Waals surface area contributed by atoms with Crippen molar-refractivity contribution in [2.24, 2.45) is 13.0 Å². The second kappa shape index (κ2) is 5.47. The molecule has 0 saturated carbocycles. The third-order valence-electron chi connectivity index (χ3n) is 2.55. The lowest BCUT2D eigenvalue weighted by atomic mass is 10.0. The highest BCUT2D eigenvalue weighted by atomic mass is 16.5. The van der Waals surface area contributed by atoms with Crippen LogP contribution in [0.2, 0.25) is 0 Å². The van der Waals surface area contributed by atoms with Crippen LogP contribution >= 0.6 is 0 Å². The van der Waals surface area contributed by atoms with Gasteiger partial charge in [0.05, 0.1) is 13.0 Å². The Kier molecular flexibility index (Phi) is 4.25. The van der Waals surface area contributed by atoms with Crippen LogP contribution in [0.15, 0.2) is 6.20 Å². The summed E-state index contributed by atoms with van der Waals surface area (Å²) in [6, 6.07) is 0. The largest absolute Gasteiger partial charge is 0.481 e. The monoisotopic (exact) mass is 240 g/mol. The first-order valence-corrected chi connectivity index (χ1v) is 5.29. The summed E-state index contributed by atoms with van der Waals surface area (Å²) in [5.41, 5.74) is 0.972. The number of carboxylic acids is 1. The molecule has 1 aromatic rings. The molecule has 94 valence electrons. The van der Waals surface area contributed by atoms with Gasteiger partial charge in [0.2, 0.25) is 0 Å². The van der Waals surface area contributed by atoms with Gasteiger partial charge >= 0.3 is 11.9 Å². The van der Waals surface area contributed by atoms with E-state index in [0.717, 1.165) is 0 Å². The average molecular weight is 240 g/mol. The third-order valence-corrected chi connectivity index (χ3v) is 2.55. The summed E-state index contributed by atoms with van der Waals surface area (Å²) < 4.78 is 6.13. The van der Waals surface area contributed by atoms with E-state index in [1.54, 1.807) is 20.2 Å². The Labute approximate surface area is 99.2 Å². The van der Waals surface area contributed by atoms with E-state index in [0.29, 0.717) is 18.4 Å².